The smallest absolute Gasteiger partial charge is 0.0737 e. The van der Waals surface area contributed by atoms with Crippen molar-refractivity contribution in [3.8, 4) is 77.9 Å². The van der Waals surface area contributed by atoms with E-state index in [-0.39, 0.29) is 0 Å². The van der Waals surface area contributed by atoms with Crippen LogP contribution in [0.3, 0.4) is 0 Å². The lowest BCUT2D eigenvalue weighted by atomic mass is 9.92. The van der Waals surface area contributed by atoms with Gasteiger partial charge in [-0.1, -0.05) is 164 Å². The van der Waals surface area contributed by atoms with Gasteiger partial charge >= 0.3 is 0 Å². The molecule has 4 heterocycles. The Labute approximate surface area is 337 Å². The molecule has 8 bridgehead atoms. The molecule has 0 saturated heterocycles. The molecular weight excluding hydrogens is 703 g/mol. The summed E-state index contributed by atoms with van der Waals surface area (Å²) >= 11 is 0. The molecule has 11 rings (SSSR count). The van der Waals surface area contributed by atoms with Gasteiger partial charge in [0.15, 0.2) is 0 Å². The van der Waals surface area contributed by atoms with Crippen molar-refractivity contribution >= 4 is 34.2 Å². The number of rotatable bonds is 5. The van der Waals surface area contributed by atoms with E-state index in [1.807, 2.05) is 0 Å². The molecule has 2 aliphatic rings. The van der Waals surface area contributed by atoms with Gasteiger partial charge < -0.3 is 9.97 Å². The van der Waals surface area contributed by atoms with Crippen molar-refractivity contribution in [2.75, 3.05) is 0 Å². The summed E-state index contributed by atoms with van der Waals surface area (Å²) in [7, 11) is 0. The van der Waals surface area contributed by atoms with Crippen LogP contribution < -0.4 is 0 Å². The molecule has 58 heavy (non-hydrogen) atoms. The van der Waals surface area contributed by atoms with Crippen LogP contribution in [-0.2, 0) is 0 Å². The second-order valence-electron chi connectivity index (χ2n) is 14.8. The van der Waals surface area contributed by atoms with E-state index < -0.39 is 0 Å². The predicted octanol–water partition coefficient (Wildman–Crippen LogP) is 14.8. The zero-order valence-electron chi connectivity index (χ0n) is 31.7. The standard InChI is InChI=1S/C55H37N3/c1-6-16-36(17-7-1)41-26-27-42-43(34-41)45-35-44(42)52(37-18-8-2-9-19-37)46-28-30-48(56-46)54(39-22-12-4-13-23-39)50-32-33-51(58-50)55(40-24-14-5-15-25-40)49-31-29-47(57-49)53(45)38-20-10-3-11-21-38/h1-35,56-57H. The summed E-state index contributed by atoms with van der Waals surface area (Å²) in [5, 5.41) is 0. The maximum Gasteiger partial charge on any atom is 0.0737 e. The Hall–Kier alpha value is -7.75. The maximum atomic E-state index is 5.44. The number of hydrogen-bond acceptors (Lipinski definition) is 1. The molecule has 3 aromatic heterocycles. The number of aromatic amines is 2. The number of hydrogen-bond donors (Lipinski definition) is 2. The molecule has 0 spiro atoms. The van der Waals surface area contributed by atoms with Crippen LogP contribution in [-0.4, -0.2) is 15.0 Å². The summed E-state index contributed by atoms with van der Waals surface area (Å²) in [6.07, 6.45) is 4.32. The van der Waals surface area contributed by atoms with Gasteiger partial charge in [0.25, 0.3) is 0 Å². The van der Waals surface area contributed by atoms with Crippen LogP contribution in [0, 0.1) is 0 Å². The first-order chi connectivity index (χ1) is 28.8. The minimum Gasteiger partial charge on any atom is -0.354 e. The third kappa shape index (κ3) is 5.80. The Morgan fingerprint density at radius 3 is 1.05 bits per heavy atom. The monoisotopic (exact) mass is 739 g/mol. The highest BCUT2D eigenvalue weighted by Crippen LogP contribution is 2.50. The fourth-order valence-corrected chi connectivity index (χ4v) is 8.75. The van der Waals surface area contributed by atoms with Gasteiger partial charge in [-0.15, -0.1) is 0 Å². The molecule has 1 aliphatic carbocycles. The SMILES string of the molecule is C1=Cc2nc1c(-c1ccccc1)c1ccc([nH]1)c(-c1ccccc1)c1cc(c(-c3ccccc3)c3ccc([nH]3)c2-c2ccccc2)-c2cc(-c3ccccc3)ccc2-1. The van der Waals surface area contributed by atoms with E-state index in [1.54, 1.807) is 0 Å². The number of benzene rings is 6. The Bertz CT molecular complexity index is 3180. The molecule has 0 fully saturated rings. The maximum absolute atomic E-state index is 5.44. The van der Waals surface area contributed by atoms with Crippen LogP contribution in [0.25, 0.3) is 112 Å². The van der Waals surface area contributed by atoms with Crippen molar-refractivity contribution in [2.24, 2.45) is 0 Å². The lowest BCUT2D eigenvalue weighted by molar-refractivity contribution is 1.32. The molecule has 1 aliphatic heterocycles. The molecule has 6 aromatic carbocycles. The summed E-state index contributed by atoms with van der Waals surface area (Å²) in [4.78, 5) is 13.3. The number of fused-ring (bicyclic) bond motifs is 11. The zero-order valence-corrected chi connectivity index (χ0v) is 31.7. The highest BCUT2D eigenvalue weighted by atomic mass is 14.8. The largest absolute Gasteiger partial charge is 0.354 e. The lowest BCUT2D eigenvalue weighted by Gasteiger charge is -2.12. The normalized spacial score (nSPS) is 11.7. The first-order valence-electron chi connectivity index (χ1n) is 19.8. The van der Waals surface area contributed by atoms with Crippen molar-refractivity contribution in [3.63, 3.8) is 0 Å². The highest BCUT2D eigenvalue weighted by molar-refractivity contribution is 6.08. The minimum absolute atomic E-state index is 0.910. The van der Waals surface area contributed by atoms with Crippen LogP contribution in [0.4, 0.5) is 0 Å². The van der Waals surface area contributed by atoms with Crippen LogP contribution in [0.1, 0.15) is 11.4 Å². The van der Waals surface area contributed by atoms with Gasteiger partial charge in [-0.05, 0) is 104 Å². The Morgan fingerprint density at radius 1 is 0.259 bits per heavy atom. The van der Waals surface area contributed by atoms with E-state index >= 15 is 0 Å². The fraction of sp³-hybridized carbons (Fsp3) is 0. The Kier molecular flexibility index (Phi) is 8.15. The van der Waals surface area contributed by atoms with Crippen molar-refractivity contribution in [3.05, 3.63) is 212 Å². The van der Waals surface area contributed by atoms with Gasteiger partial charge in [0.05, 0.1) is 11.4 Å². The van der Waals surface area contributed by atoms with E-state index in [2.05, 4.69) is 222 Å². The third-order valence-electron chi connectivity index (χ3n) is 11.4. The molecule has 0 atom stereocenters. The molecule has 0 unspecified atom stereocenters. The molecule has 0 saturated carbocycles. The summed E-state index contributed by atoms with van der Waals surface area (Å²) in [5.74, 6) is 0. The fourth-order valence-electron chi connectivity index (χ4n) is 8.75. The number of nitrogens with zero attached hydrogens (tertiary/aromatic N) is 1. The molecule has 0 radical (unpaired) electrons. The summed E-state index contributed by atoms with van der Waals surface area (Å²) in [6.45, 7) is 0. The van der Waals surface area contributed by atoms with Crippen molar-refractivity contribution in [1.29, 1.82) is 0 Å². The molecular formula is C55H37N3. The van der Waals surface area contributed by atoms with E-state index in [1.165, 1.54) is 33.4 Å². The summed E-state index contributed by atoms with van der Waals surface area (Å²) in [6, 6.07) is 71.8. The van der Waals surface area contributed by atoms with Gasteiger partial charge in [-0.3, -0.25) is 0 Å². The van der Waals surface area contributed by atoms with Crippen LogP contribution in [0.15, 0.2) is 200 Å². The van der Waals surface area contributed by atoms with Crippen LogP contribution >= 0.6 is 0 Å². The third-order valence-corrected chi connectivity index (χ3v) is 11.4. The van der Waals surface area contributed by atoms with Crippen molar-refractivity contribution in [2.45, 2.75) is 0 Å². The van der Waals surface area contributed by atoms with Gasteiger partial charge in [0.2, 0.25) is 0 Å². The molecule has 272 valence electrons. The molecule has 0 amide bonds. The quantitative estimate of drug-likeness (QED) is 0.181. The Balaban J connectivity index is 1.36. The first-order valence-corrected chi connectivity index (χ1v) is 19.8. The van der Waals surface area contributed by atoms with Crippen LogP contribution in [0.5, 0.6) is 0 Å². The van der Waals surface area contributed by atoms with Crippen molar-refractivity contribution < 1.29 is 0 Å². The van der Waals surface area contributed by atoms with E-state index in [9.17, 15) is 0 Å². The van der Waals surface area contributed by atoms with Gasteiger partial charge in [0, 0.05) is 44.3 Å². The number of H-pyrrole nitrogens is 2. The molecule has 3 heteroatoms. The Morgan fingerprint density at radius 2 is 0.621 bits per heavy atom. The van der Waals surface area contributed by atoms with Gasteiger partial charge in [-0.2, -0.15) is 0 Å². The van der Waals surface area contributed by atoms with E-state index in [0.717, 1.165) is 78.0 Å². The van der Waals surface area contributed by atoms with Gasteiger partial charge in [0.1, 0.15) is 0 Å². The van der Waals surface area contributed by atoms with E-state index in [0.29, 0.717) is 0 Å². The summed E-state index contributed by atoms with van der Waals surface area (Å²) in [5.41, 5.74) is 21.9. The average molecular weight is 740 g/mol. The highest BCUT2D eigenvalue weighted by Gasteiger charge is 2.24. The van der Waals surface area contributed by atoms with Gasteiger partial charge in [-0.25, -0.2) is 4.98 Å². The second kappa shape index (κ2) is 14.1. The zero-order chi connectivity index (χ0) is 38.4. The average Bonchev–Trinajstić information content (AvgIpc) is 4.13. The molecule has 3 nitrogen and oxygen atoms in total. The van der Waals surface area contributed by atoms with E-state index in [4.69, 9.17) is 4.98 Å². The number of aromatic nitrogens is 3. The second-order valence-corrected chi connectivity index (χ2v) is 14.8. The molecule has 9 aromatic rings. The topological polar surface area (TPSA) is 44.5 Å². The van der Waals surface area contributed by atoms with Crippen LogP contribution in [0.2, 0.25) is 0 Å². The van der Waals surface area contributed by atoms with Crippen molar-refractivity contribution in [1.82, 2.24) is 15.0 Å². The number of nitrogens with one attached hydrogen (secondary N) is 2. The predicted molar refractivity (Wildman–Crippen MR) is 244 cm³/mol. The minimum atomic E-state index is 0.910. The molecule has 2 N–H and O–H groups in total. The first kappa shape index (κ1) is 33.6. The summed E-state index contributed by atoms with van der Waals surface area (Å²) < 4.78 is 0. The lowest BCUT2D eigenvalue weighted by Crippen LogP contribution is -1.88.